The topological polar surface area (TPSA) is 84.2 Å². The third-order valence-electron chi connectivity index (χ3n) is 3.85. The van der Waals surface area contributed by atoms with Crippen LogP contribution in [0.15, 0.2) is 34.9 Å². The number of hydrogen-bond acceptors (Lipinski definition) is 4. The fourth-order valence-electron chi connectivity index (χ4n) is 2.51. The van der Waals surface area contributed by atoms with Crippen LogP contribution in [0.25, 0.3) is 0 Å². The van der Waals surface area contributed by atoms with E-state index in [9.17, 15) is 14.0 Å². The van der Waals surface area contributed by atoms with Crippen LogP contribution in [-0.4, -0.2) is 23.5 Å². The van der Waals surface area contributed by atoms with Crippen molar-refractivity contribution in [3.63, 3.8) is 0 Å². The van der Waals surface area contributed by atoms with Gasteiger partial charge in [-0.25, -0.2) is 4.39 Å². The molecule has 2 N–H and O–H groups in total. The fourth-order valence-corrected chi connectivity index (χ4v) is 2.51. The molecule has 6 nitrogen and oxygen atoms in total. The van der Waals surface area contributed by atoms with E-state index in [2.05, 4.69) is 15.8 Å². The Morgan fingerprint density at radius 1 is 1.20 bits per heavy atom. The summed E-state index contributed by atoms with van der Waals surface area (Å²) in [5, 5.41) is 8.78. The molecule has 0 saturated heterocycles. The van der Waals surface area contributed by atoms with Crippen LogP contribution in [0, 0.1) is 18.7 Å². The standard InChI is InChI=1S/C18H22FN3O3/c1-11(2)15(13-4-6-14(19)7-5-13)9-17(23)20-10-18(24)21-16-8-12(3)25-22-16/h4-8,11,15H,9-10H2,1-3H3,(H,20,23)(H,21,22,24). The van der Waals surface area contributed by atoms with Gasteiger partial charge in [0, 0.05) is 12.5 Å². The van der Waals surface area contributed by atoms with Crippen LogP contribution in [0.4, 0.5) is 10.2 Å². The average molecular weight is 347 g/mol. The monoisotopic (exact) mass is 347 g/mol. The van der Waals surface area contributed by atoms with Crippen molar-refractivity contribution >= 4 is 17.6 Å². The Hall–Kier alpha value is -2.70. The Morgan fingerprint density at radius 3 is 2.44 bits per heavy atom. The molecule has 134 valence electrons. The van der Waals surface area contributed by atoms with E-state index in [4.69, 9.17) is 4.52 Å². The number of carbonyl (C=O) groups excluding carboxylic acids is 2. The Morgan fingerprint density at radius 2 is 1.88 bits per heavy atom. The smallest absolute Gasteiger partial charge is 0.245 e. The number of benzene rings is 1. The van der Waals surface area contributed by atoms with Crippen LogP contribution in [-0.2, 0) is 9.59 Å². The van der Waals surface area contributed by atoms with Gasteiger partial charge in [0.1, 0.15) is 11.6 Å². The number of carbonyl (C=O) groups is 2. The maximum Gasteiger partial charge on any atom is 0.245 e. The van der Waals surface area contributed by atoms with Crippen LogP contribution >= 0.6 is 0 Å². The van der Waals surface area contributed by atoms with Crippen molar-refractivity contribution in [1.82, 2.24) is 10.5 Å². The molecular formula is C18H22FN3O3. The van der Waals surface area contributed by atoms with Crippen molar-refractivity contribution in [1.29, 1.82) is 0 Å². The zero-order chi connectivity index (χ0) is 18.4. The maximum atomic E-state index is 13.1. The lowest BCUT2D eigenvalue weighted by Crippen LogP contribution is -2.34. The molecule has 1 unspecified atom stereocenters. The number of aromatic nitrogens is 1. The second-order valence-electron chi connectivity index (χ2n) is 6.25. The minimum Gasteiger partial charge on any atom is -0.360 e. The van der Waals surface area contributed by atoms with E-state index in [0.29, 0.717) is 11.6 Å². The first-order valence-corrected chi connectivity index (χ1v) is 8.10. The van der Waals surface area contributed by atoms with E-state index < -0.39 is 0 Å². The van der Waals surface area contributed by atoms with Gasteiger partial charge in [-0.2, -0.15) is 0 Å². The van der Waals surface area contributed by atoms with Crippen LogP contribution in [0.3, 0.4) is 0 Å². The summed E-state index contributed by atoms with van der Waals surface area (Å²) in [6.07, 6.45) is 0.222. The highest BCUT2D eigenvalue weighted by molar-refractivity contribution is 5.93. The second-order valence-corrected chi connectivity index (χ2v) is 6.25. The molecule has 0 saturated carbocycles. The highest BCUT2D eigenvalue weighted by Gasteiger charge is 2.20. The summed E-state index contributed by atoms with van der Waals surface area (Å²) in [7, 11) is 0. The van der Waals surface area contributed by atoms with Crippen molar-refractivity contribution in [2.24, 2.45) is 5.92 Å². The molecule has 0 aliphatic rings. The molecule has 1 atom stereocenters. The molecule has 0 aliphatic carbocycles. The normalized spacial score (nSPS) is 12.0. The summed E-state index contributed by atoms with van der Waals surface area (Å²) in [4.78, 5) is 24.0. The van der Waals surface area contributed by atoms with Gasteiger partial charge in [-0.15, -0.1) is 0 Å². The van der Waals surface area contributed by atoms with Gasteiger partial charge in [-0.1, -0.05) is 31.1 Å². The molecule has 0 fully saturated rings. The minimum atomic E-state index is -0.385. The molecular weight excluding hydrogens is 325 g/mol. The van der Waals surface area contributed by atoms with Crippen LogP contribution < -0.4 is 10.6 Å². The lowest BCUT2D eigenvalue weighted by molar-refractivity contribution is -0.124. The molecule has 0 bridgehead atoms. The van der Waals surface area contributed by atoms with Gasteiger partial charge < -0.3 is 15.2 Å². The Kier molecular flexibility index (Phi) is 6.27. The number of aryl methyl sites for hydroxylation is 1. The molecule has 0 radical (unpaired) electrons. The zero-order valence-corrected chi connectivity index (χ0v) is 14.5. The lowest BCUT2D eigenvalue weighted by atomic mass is 9.85. The van der Waals surface area contributed by atoms with Crippen molar-refractivity contribution in [2.75, 3.05) is 11.9 Å². The molecule has 1 heterocycles. The molecule has 7 heteroatoms. The van der Waals surface area contributed by atoms with Crippen molar-refractivity contribution in [2.45, 2.75) is 33.1 Å². The Labute approximate surface area is 145 Å². The number of hydrogen-bond donors (Lipinski definition) is 2. The van der Waals surface area contributed by atoms with E-state index >= 15 is 0 Å². The zero-order valence-electron chi connectivity index (χ0n) is 14.5. The Balaban J connectivity index is 1.86. The highest BCUT2D eigenvalue weighted by Crippen LogP contribution is 2.27. The van der Waals surface area contributed by atoms with E-state index in [-0.39, 0.29) is 42.4 Å². The van der Waals surface area contributed by atoms with Gasteiger partial charge in [0.15, 0.2) is 5.82 Å². The SMILES string of the molecule is Cc1cc(NC(=O)CNC(=O)CC(c2ccc(F)cc2)C(C)C)no1. The largest absolute Gasteiger partial charge is 0.360 e. The van der Waals surface area contributed by atoms with Gasteiger partial charge >= 0.3 is 0 Å². The van der Waals surface area contributed by atoms with Gasteiger partial charge in [-0.3, -0.25) is 9.59 Å². The van der Waals surface area contributed by atoms with Crippen molar-refractivity contribution in [3.8, 4) is 0 Å². The maximum absolute atomic E-state index is 13.1. The molecule has 25 heavy (non-hydrogen) atoms. The van der Waals surface area contributed by atoms with Gasteiger partial charge in [0.25, 0.3) is 0 Å². The van der Waals surface area contributed by atoms with Gasteiger partial charge in [-0.05, 0) is 36.5 Å². The Bertz CT molecular complexity index is 725. The third-order valence-corrected chi connectivity index (χ3v) is 3.85. The van der Waals surface area contributed by atoms with Gasteiger partial charge in [0.05, 0.1) is 6.54 Å². The molecule has 0 spiro atoms. The second kappa shape index (κ2) is 8.41. The first-order chi connectivity index (χ1) is 11.8. The summed E-state index contributed by atoms with van der Waals surface area (Å²) in [5.41, 5.74) is 0.897. The predicted octanol–water partition coefficient (Wildman–Crippen LogP) is 3.01. The molecule has 1 aromatic heterocycles. The first kappa shape index (κ1) is 18.6. The summed E-state index contributed by atoms with van der Waals surface area (Å²) < 4.78 is 17.9. The van der Waals surface area contributed by atoms with Crippen molar-refractivity contribution in [3.05, 3.63) is 47.5 Å². The molecule has 0 aliphatic heterocycles. The molecule has 2 rings (SSSR count). The quantitative estimate of drug-likeness (QED) is 0.806. The summed E-state index contributed by atoms with van der Waals surface area (Å²) in [5.74, 6) is 0.0982. The summed E-state index contributed by atoms with van der Waals surface area (Å²) >= 11 is 0. The number of rotatable bonds is 7. The first-order valence-electron chi connectivity index (χ1n) is 8.10. The van der Waals surface area contributed by atoms with Crippen LogP contribution in [0.5, 0.6) is 0 Å². The minimum absolute atomic E-state index is 0.0538. The highest BCUT2D eigenvalue weighted by atomic mass is 19.1. The number of nitrogens with one attached hydrogen (secondary N) is 2. The molecule has 2 aromatic rings. The number of nitrogens with zero attached hydrogens (tertiary/aromatic N) is 1. The number of amides is 2. The third kappa shape index (κ3) is 5.70. The van der Waals surface area contributed by atoms with Gasteiger partial charge in [0.2, 0.25) is 11.8 Å². The molecule has 2 amide bonds. The van der Waals surface area contributed by atoms with E-state index in [0.717, 1.165) is 5.56 Å². The lowest BCUT2D eigenvalue weighted by Gasteiger charge is -2.21. The van der Waals surface area contributed by atoms with Crippen molar-refractivity contribution < 1.29 is 18.5 Å². The number of halogens is 1. The average Bonchev–Trinajstić information content (AvgIpc) is 2.96. The predicted molar refractivity (Wildman–Crippen MR) is 91.5 cm³/mol. The molecule has 1 aromatic carbocycles. The van der Waals surface area contributed by atoms with E-state index in [1.807, 2.05) is 13.8 Å². The fraction of sp³-hybridized carbons (Fsp3) is 0.389. The van der Waals surface area contributed by atoms with Crippen LogP contribution in [0.2, 0.25) is 0 Å². The number of anilines is 1. The summed E-state index contributed by atoms with van der Waals surface area (Å²) in [6.45, 7) is 5.56. The van der Waals surface area contributed by atoms with E-state index in [1.54, 1.807) is 25.1 Å². The van der Waals surface area contributed by atoms with E-state index in [1.165, 1.54) is 12.1 Å². The van der Waals surface area contributed by atoms with Crippen LogP contribution in [0.1, 0.15) is 37.5 Å². The summed E-state index contributed by atoms with van der Waals surface area (Å²) in [6, 6.07) is 7.73.